The molecule has 0 aliphatic rings. The third kappa shape index (κ3) is 4.64. The summed E-state index contributed by atoms with van der Waals surface area (Å²) < 4.78 is 39.6. The van der Waals surface area contributed by atoms with Gasteiger partial charge in [0.1, 0.15) is 17.4 Å². The highest BCUT2D eigenvalue weighted by Gasteiger charge is 2.29. The number of aryl methyl sites for hydroxylation is 1. The van der Waals surface area contributed by atoms with E-state index in [1.165, 1.54) is 18.2 Å². The Morgan fingerprint density at radius 3 is 2.22 bits per heavy atom. The zero-order chi connectivity index (χ0) is 25.3. The van der Waals surface area contributed by atoms with Crippen molar-refractivity contribution in [3.63, 3.8) is 0 Å². The van der Waals surface area contributed by atoms with Crippen molar-refractivity contribution >= 4 is 37.7 Å². The van der Waals surface area contributed by atoms with Crippen molar-refractivity contribution in [1.82, 2.24) is 4.72 Å². The number of nitrogens with one attached hydrogen (secondary N) is 1. The van der Waals surface area contributed by atoms with Gasteiger partial charge in [0.15, 0.2) is 0 Å². The molecule has 0 aliphatic carbocycles. The molecule has 180 valence electrons. The van der Waals surface area contributed by atoms with Crippen molar-refractivity contribution < 1.29 is 22.4 Å². The van der Waals surface area contributed by atoms with Crippen molar-refractivity contribution in [3.05, 3.63) is 119 Å². The Hall–Kier alpha value is -4.27. The average Bonchev–Trinajstić information content (AvgIpc) is 2.88. The summed E-state index contributed by atoms with van der Waals surface area (Å²) in [6.45, 7) is 1.85. The van der Waals surface area contributed by atoms with Gasteiger partial charge in [0.05, 0.1) is 10.3 Å². The first-order chi connectivity index (χ1) is 17.3. The quantitative estimate of drug-likeness (QED) is 0.155. The second kappa shape index (κ2) is 9.41. The van der Waals surface area contributed by atoms with E-state index >= 15 is 0 Å². The first-order valence-electron chi connectivity index (χ1n) is 11.1. The first kappa shape index (κ1) is 23.5. The van der Waals surface area contributed by atoms with Crippen molar-refractivity contribution in [3.8, 4) is 5.75 Å². The van der Waals surface area contributed by atoms with Crippen LogP contribution >= 0.6 is 0 Å². The molecule has 0 unspecified atom stereocenters. The van der Waals surface area contributed by atoms with Crippen LogP contribution in [0.15, 0.2) is 111 Å². The molecule has 5 rings (SSSR count). The smallest absolute Gasteiger partial charge is 0.344 e. The predicted molar refractivity (Wildman–Crippen MR) is 136 cm³/mol. The van der Waals surface area contributed by atoms with E-state index in [4.69, 9.17) is 9.15 Å². The van der Waals surface area contributed by atoms with Gasteiger partial charge in [-0.05, 0) is 48.2 Å². The lowest BCUT2D eigenvalue weighted by Crippen LogP contribution is -2.36. The molecule has 8 heteroatoms. The molecule has 5 aromatic rings. The number of carbonyl (C=O) groups excluding carboxylic acids is 1. The van der Waals surface area contributed by atoms with Crippen LogP contribution in [-0.2, 0) is 14.8 Å². The summed E-state index contributed by atoms with van der Waals surface area (Å²) in [4.78, 5) is 25.7. The monoisotopic (exact) mass is 499 g/mol. The maximum atomic E-state index is 13.3. The molecule has 1 atom stereocenters. The zero-order valence-corrected chi connectivity index (χ0v) is 20.0. The summed E-state index contributed by atoms with van der Waals surface area (Å²) in [5.74, 6) is -0.722. The van der Waals surface area contributed by atoms with Gasteiger partial charge >= 0.3 is 11.6 Å². The van der Waals surface area contributed by atoms with Crippen molar-refractivity contribution in [2.45, 2.75) is 17.9 Å². The molecule has 0 bridgehead atoms. The third-order valence-corrected chi connectivity index (χ3v) is 7.22. The number of esters is 1. The number of ether oxygens (including phenoxy) is 1. The van der Waals surface area contributed by atoms with E-state index in [2.05, 4.69) is 4.72 Å². The fraction of sp³-hybridized carbons (Fsp3) is 0.0714. The number of rotatable bonds is 6. The largest absolute Gasteiger partial charge is 0.425 e. The molecular weight excluding hydrogens is 478 g/mol. The number of carbonyl (C=O) groups is 1. The summed E-state index contributed by atoms with van der Waals surface area (Å²) >= 11 is 0. The number of hydrogen-bond donors (Lipinski definition) is 1. The van der Waals surface area contributed by atoms with Gasteiger partial charge in [-0.25, -0.2) is 18.0 Å². The Kier molecular flexibility index (Phi) is 6.13. The van der Waals surface area contributed by atoms with E-state index in [9.17, 15) is 18.0 Å². The lowest BCUT2D eigenvalue weighted by atomic mass is 10.1. The summed E-state index contributed by atoms with van der Waals surface area (Å²) in [5.41, 5.74) is 1.07. The molecule has 1 aromatic heterocycles. The molecule has 1 heterocycles. The Morgan fingerprint density at radius 2 is 1.50 bits per heavy atom. The van der Waals surface area contributed by atoms with E-state index in [1.807, 2.05) is 19.1 Å². The average molecular weight is 500 g/mol. The van der Waals surface area contributed by atoms with E-state index in [0.717, 1.165) is 10.9 Å². The van der Waals surface area contributed by atoms with E-state index in [0.29, 0.717) is 16.3 Å². The van der Waals surface area contributed by atoms with Crippen LogP contribution in [0.2, 0.25) is 0 Å². The van der Waals surface area contributed by atoms with E-state index in [-0.39, 0.29) is 16.2 Å². The van der Waals surface area contributed by atoms with Gasteiger partial charge in [-0.15, -0.1) is 0 Å². The Morgan fingerprint density at radius 1 is 0.833 bits per heavy atom. The zero-order valence-electron chi connectivity index (χ0n) is 19.2. The number of hydrogen-bond acceptors (Lipinski definition) is 6. The minimum atomic E-state index is -4.04. The lowest BCUT2D eigenvalue weighted by Gasteiger charge is -2.18. The maximum absolute atomic E-state index is 13.3. The van der Waals surface area contributed by atoms with Crippen LogP contribution in [0.3, 0.4) is 0 Å². The van der Waals surface area contributed by atoms with Gasteiger partial charge in [0.2, 0.25) is 10.0 Å². The summed E-state index contributed by atoms with van der Waals surface area (Å²) in [5, 5.41) is 1.85. The Balaban J connectivity index is 1.49. The standard InChI is InChI=1S/C28H21NO6S/c1-18-11-14-21(15-12-18)36(32,33)29-26(19-7-3-2-4-8-19)28(31)34-20-13-16-23-22-9-5-6-10-24(22)27(30)35-25(23)17-20/h2-17,26,29H,1H3/t26-/m0/s1. The van der Waals surface area contributed by atoms with Crippen LogP contribution < -0.4 is 15.1 Å². The molecule has 0 spiro atoms. The molecule has 0 saturated carbocycles. The normalized spacial score (nSPS) is 12.5. The van der Waals surface area contributed by atoms with Crippen LogP contribution in [0.5, 0.6) is 5.75 Å². The van der Waals surface area contributed by atoms with Crippen LogP contribution in [-0.4, -0.2) is 14.4 Å². The van der Waals surface area contributed by atoms with Gasteiger partial charge in [0.25, 0.3) is 0 Å². The third-order valence-electron chi connectivity index (χ3n) is 5.78. The summed E-state index contributed by atoms with van der Waals surface area (Å²) in [6.07, 6.45) is 0. The minimum Gasteiger partial charge on any atom is -0.425 e. The molecule has 0 amide bonds. The Bertz CT molecular complexity index is 1740. The second-order valence-electron chi connectivity index (χ2n) is 8.29. The number of fused-ring (bicyclic) bond motifs is 3. The molecule has 36 heavy (non-hydrogen) atoms. The molecule has 0 radical (unpaired) electrons. The molecule has 4 aromatic carbocycles. The van der Waals surface area contributed by atoms with Crippen molar-refractivity contribution in [2.24, 2.45) is 0 Å². The van der Waals surface area contributed by atoms with Crippen LogP contribution in [0.25, 0.3) is 21.7 Å². The molecule has 7 nitrogen and oxygen atoms in total. The fourth-order valence-electron chi connectivity index (χ4n) is 3.94. The SMILES string of the molecule is Cc1ccc(S(=O)(=O)N[C@H](C(=O)Oc2ccc3c(c2)oc(=O)c2ccccc23)c2ccccc2)cc1. The maximum Gasteiger partial charge on any atom is 0.344 e. The van der Waals surface area contributed by atoms with Crippen LogP contribution in [0.1, 0.15) is 17.2 Å². The van der Waals surface area contributed by atoms with Crippen LogP contribution in [0, 0.1) is 6.92 Å². The molecular formula is C28H21NO6S. The van der Waals surface area contributed by atoms with Crippen molar-refractivity contribution in [1.29, 1.82) is 0 Å². The minimum absolute atomic E-state index is 0.0289. The predicted octanol–water partition coefficient (Wildman–Crippen LogP) is 4.88. The fourth-order valence-corrected chi connectivity index (χ4v) is 5.11. The number of sulfonamides is 1. The van der Waals surface area contributed by atoms with Gasteiger partial charge < -0.3 is 9.15 Å². The molecule has 0 saturated heterocycles. The van der Waals surface area contributed by atoms with Gasteiger partial charge in [-0.3, -0.25) is 0 Å². The summed E-state index contributed by atoms with van der Waals surface area (Å²) in [6, 6.07) is 25.2. The van der Waals surface area contributed by atoms with Crippen LogP contribution in [0.4, 0.5) is 0 Å². The van der Waals surface area contributed by atoms with Gasteiger partial charge in [0, 0.05) is 11.5 Å². The lowest BCUT2D eigenvalue weighted by molar-refractivity contribution is -0.136. The molecule has 0 aliphatic heterocycles. The van der Waals surface area contributed by atoms with E-state index < -0.39 is 27.7 Å². The molecule has 0 fully saturated rings. The summed E-state index contributed by atoms with van der Waals surface area (Å²) in [7, 11) is -4.04. The first-order valence-corrected chi connectivity index (χ1v) is 12.6. The van der Waals surface area contributed by atoms with E-state index in [1.54, 1.807) is 66.7 Å². The highest BCUT2D eigenvalue weighted by molar-refractivity contribution is 7.89. The van der Waals surface area contributed by atoms with Gasteiger partial charge in [-0.2, -0.15) is 4.72 Å². The topological polar surface area (TPSA) is 103 Å². The highest BCUT2D eigenvalue weighted by atomic mass is 32.2. The van der Waals surface area contributed by atoms with Crippen molar-refractivity contribution in [2.75, 3.05) is 0 Å². The number of benzene rings is 4. The highest BCUT2D eigenvalue weighted by Crippen LogP contribution is 2.27. The Labute approximate surface area is 207 Å². The van der Waals surface area contributed by atoms with Gasteiger partial charge in [-0.1, -0.05) is 66.2 Å². The second-order valence-corrected chi connectivity index (χ2v) is 10.0. The molecule has 1 N–H and O–H groups in total.